The van der Waals surface area contributed by atoms with Crippen LogP contribution in [0.3, 0.4) is 0 Å². The van der Waals surface area contributed by atoms with E-state index in [2.05, 4.69) is 64.0 Å². The first-order valence-electron chi connectivity index (χ1n) is 10.2. The fourth-order valence-corrected chi connectivity index (χ4v) is 5.36. The molecular weight excluding hydrogens is 628 g/mol. The van der Waals surface area contributed by atoms with Crippen molar-refractivity contribution >= 4 is 63.1 Å². The molecule has 1 aliphatic rings. The molecule has 0 unspecified atom stereocenters. The molecule has 0 saturated heterocycles. The van der Waals surface area contributed by atoms with Crippen molar-refractivity contribution in [1.82, 2.24) is 0 Å². The maximum atomic E-state index is 12.4. The lowest BCUT2D eigenvalue weighted by molar-refractivity contribution is -0.129. The van der Waals surface area contributed by atoms with Gasteiger partial charge in [0.25, 0.3) is 0 Å². The number of esters is 1. The molecule has 0 aromatic heterocycles. The van der Waals surface area contributed by atoms with E-state index in [0.29, 0.717) is 18.4 Å². The third kappa shape index (κ3) is 5.40. The van der Waals surface area contributed by atoms with Crippen molar-refractivity contribution in [2.75, 3.05) is 0 Å². The summed E-state index contributed by atoms with van der Waals surface area (Å²) in [5.74, 6) is 1.17. The predicted octanol–water partition coefficient (Wildman–Crippen LogP) is 6.94. The van der Waals surface area contributed by atoms with Crippen molar-refractivity contribution < 1.29 is 14.3 Å². The Kier molecular flexibility index (Phi) is 7.30. The molecule has 0 bridgehead atoms. The van der Waals surface area contributed by atoms with Gasteiger partial charge in [-0.05, 0) is 98.1 Å². The zero-order valence-electron chi connectivity index (χ0n) is 17.6. The van der Waals surface area contributed by atoms with Crippen LogP contribution in [0.4, 0.5) is 0 Å². The maximum absolute atomic E-state index is 12.4. The standard InChI is InChI=1S/C26H21I2NO3/c1-16(2)19-8-10-20(11-9-19)25-29-23(26(30)32-25)14-18-12-21(27)24(22(28)13-18)31-15-17-6-4-3-5-7-17/h3-14,16H,15H2,1-2H3/b23-14-. The number of carbonyl (C=O) groups excluding carboxylic acids is 1. The third-order valence-electron chi connectivity index (χ3n) is 4.99. The highest BCUT2D eigenvalue weighted by Crippen LogP contribution is 2.31. The highest BCUT2D eigenvalue weighted by atomic mass is 127. The number of rotatable bonds is 6. The molecule has 32 heavy (non-hydrogen) atoms. The molecule has 1 aliphatic heterocycles. The zero-order valence-corrected chi connectivity index (χ0v) is 22.0. The summed E-state index contributed by atoms with van der Waals surface area (Å²) in [7, 11) is 0. The molecule has 3 aromatic carbocycles. The van der Waals surface area contributed by atoms with Crippen molar-refractivity contribution in [1.29, 1.82) is 0 Å². The first-order valence-corrected chi connectivity index (χ1v) is 12.3. The van der Waals surface area contributed by atoms with E-state index in [-0.39, 0.29) is 5.70 Å². The summed E-state index contributed by atoms with van der Waals surface area (Å²) in [6.45, 7) is 4.79. The predicted molar refractivity (Wildman–Crippen MR) is 144 cm³/mol. The van der Waals surface area contributed by atoms with Gasteiger partial charge >= 0.3 is 5.97 Å². The average molecular weight is 649 g/mol. The Balaban J connectivity index is 1.54. The summed E-state index contributed by atoms with van der Waals surface area (Å²) in [5, 5.41) is 0. The maximum Gasteiger partial charge on any atom is 0.363 e. The Labute approximate surface area is 215 Å². The summed E-state index contributed by atoms with van der Waals surface area (Å²) in [5.41, 5.74) is 4.30. The summed E-state index contributed by atoms with van der Waals surface area (Å²) in [4.78, 5) is 16.8. The molecule has 4 nitrogen and oxygen atoms in total. The van der Waals surface area contributed by atoms with Crippen molar-refractivity contribution in [3.8, 4) is 5.75 Å². The number of ether oxygens (including phenoxy) is 2. The van der Waals surface area contributed by atoms with E-state index >= 15 is 0 Å². The number of nitrogens with zero attached hydrogens (tertiary/aromatic N) is 1. The first kappa shape index (κ1) is 23.0. The molecular formula is C26H21I2NO3. The van der Waals surface area contributed by atoms with Gasteiger partial charge in [-0.15, -0.1) is 0 Å². The number of halogens is 2. The molecule has 0 N–H and O–H groups in total. The third-order valence-corrected chi connectivity index (χ3v) is 6.60. The van der Waals surface area contributed by atoms with Crippen LogP contribution in [0.25, 0.3) is 6.08 Å². The van der Waals surface area contributed by atoms with Crippen LogP contribution in [0.2, 0.25) is 0 Å². The molecule has 0 saturated carbocycles. The van der Waals surface area contributed by atoms with Crippen LogP contribution in [0.15, 0.2) is 77.4 Å². The normalized spacial score (nSPS) is 14.6. The van der Waals surface area contributed by atoms with Gasteiger partial charge in [-0.25, -0.2) is 9.79 Å². The Morgan fingerprint density at radius 1 is 1.00 bits per heavy atom. The van der Waals surface area contributed by atoms with Crippen LogP contribution in [0, 0.1) is 7.14 Å². The first-order chi connectivity index (χ1) is 15.4. The second kappa shape index (κ2) is 10.2. The minimum atomic E-state index is -0.442. The highest BCUT2D eigenvalue weighted by molar-refractivity contribution is 14.1. The summed E-state index contributed by atoms with van der Waals surface area (Å²) in [6, 6.07) is 22.0. The fraction of sp³-hybridized carbons (Fsp3) is 0.154. The molecule has 6 heteroatoms. The topological polar surface area (TPSA) is 47.9 Å². The van der Waals surface area contributed by atoms with Crippen LogP contribution >= 0.6 is 45.2 Å². The van der Waals surface area contributed by atoms with Gasteiger partial charge in [0.15, 0.2) is 5.70 Å². The molecule has 0 amide bonds. The second-order valence-electron chi connectivity index (χ2n) is 7.70. The summed E-state index contributed by atoms with van der Waals surface area (Å²) in [6.07, 6.45) is 1.75. The molecule has 0 fully saturated rings. The van der Waals surface area contributed by atoms with E-state index in [1.54, 1.807) is 6.08 Å². The minimum absolute atomic E-state index is 0.289. The number of hydrogen-bond acceptors (Lipinski definition) is 4. The van der Waals surface area contributed by atoms with Gasteiger partial charge < -0.3 is 9.47 Å². The molecule has 4 rings (SSSR count). The average Bonchev–Trinajstić information content (AvgIpc) is 3.14. The van der Waals surface area contributed by atoms with Crippen molar-refractivity contribution in [2.45, 2.75) is 26.4 Å². The van der Waals surface area contributed by atoms with Crippen molar-refractivity contribution in [3.63, 3.8) is 0 Å². The van der Waals surface area contributed by atoms with Crippen LogP contribution in [-0.4, -0.2) is 11.9 Å². The largest absolute Gasteiger partial charge is 0.487 e. The van der Waals surface area contributed by atoms with Crippen LogP contribution in [0.1, 0.15) is 42.0 Å². The number of cyclic esters (lactones) is 1. The Morgan fingerprint density at radius 3 is 2.28 bits per heavy atom. The SMILES string of the molecule is CC(C)c1ccc(C2=N/C(=C\c3cc(I)c(OCc4ccccc4)c(I)c3)C(=O)O2)cc1. The summed E-state index contributed by atoms with van der Waals surface area (Å²) < 4.78 is 13.4. The van der Waals surface area contributed by atoms with Crippen LogP contribution in [0.5, 0.6) is 5.75 Å². The van der Waals surface area contributed by atoms with Gasteiger partial charge in [0.05, 0.1) is 7.14 Å². The Hall–Kier alpha value is -2.20. The molecule has 162 valence electrons. The molecule has 0 atom stereocenters. The number of benzene rings is 3. The quantitative estimate of drug-likeness (QED) is 0.165. The molecule has 0 radical (unpaired) electrons. The lowest BCUT2D eigenvalue weighted by Crippen LogP contribution is -2.05. The Bertz CT molecular complexity index is 1180. The minimum Gasteiger partial charge on any atom is -0.487 e. The monoisotopic (exact) mass is 649 g/mol. The van der Waals surface area contributed by atoms with Gasteiger partial charge in [0.2, 0.25) is 5.90 Å². The Morgan fingerprint density at radius 2 is 1.66 bits per heavy atom. The number of aliphatic imine (C=N–C) groups is 1. The van der Waals surface area contributed by atoms with E-state index in [1.165, 1.54) is 5.56 Å². The second-order valence-corrected chi connectivity index (χ2v) is 10.0. The van der Waals surface area contributed by atoms with Gasteiger partial charge in [-0.2, -0.15) is 0 Å². The number of carbonyl (C=O) groups is 1. The number of hydrogen-bond donors (Lipinski definition) is 0. The van der Waals surface area contributed by atoms with E-state index in [4.69, 9.17) is 9.47 Å². The molecule has 3 aromatic rings. The van der Waals surface area contributed by atoms with Gasteiger partial charge in [-0.3, -0.25) is 0 Å². The van der Waals surface area contributed by atoms with Gasteiger partial charge in [-0.1, -0.05) is 56.3 Å². The molecule has 0 aliphatic carbocycles. The molecule has 0 spiro atoms. The van der Waals surface area contributed by atoms with E-state index in [0.717, 1.165) is 29.6 Å². The lowest BCUT2D eigenvalue weighted by atomic mass is 10.0. The smallest absolute Gasteiger partial charge is 0.363 e. The highest BCUT2D eigenvalue weighted by Gasteiger charge is 2.24. The van der Waals surface area contributed by atoms with Gasteiger partial charge in [0, 0.05) is 5.56 Å². The van der Waals surface area contributed by atoms with Crippen LogP contribution in [-0.2, 0) is 16.1 Å². The fourth-order valence-electron chi connectivity index (χ4n) is 3.23. The van der Waals surface area contributed by atoms with Crippen LogP contribution < -0.4 is 4.74 Å². The van der Waals surface area contributed by atoms with Gasteiger partial charge in [0.1, 0.15) is 12.4 Å². The zero-order chi connectivity index (χ0) is 22.7. The molecule has 1 heterocycles. The van der Waals surface area contributed by atoms with Crippen molar-refractivity contribution in [3.05, 3.63) is 102 Å². The van der Waals surface area contributed by atoms with E-state index < -0.39 is 5.97 Å². The van der Waals surface area contributed by atoms with E-state index in [9.17, 15) is 4.79 Å². The lowest BCUT2D eigenvalue weighted by Gasteiger charge is -2.11. The van der Waals surface area contributed by atoms with E-state index in [1.807, 2.05) is 66.7 Å². The van der Waals surface area contributed by atoms with Crippen molar-refractivity contribution in [2.24, 2.45) is 4.99 Å². The summed E-state index contributed by atoms with van der Waals surface area (Å²) >= 11 is 4.51.